The number of carbonyl (C=O) groups excluding carboxylic acids is 1. The fraction of sp³-hybridized carbons (Fsp3) is 0.222. The first-order valence-electron chi connectivity index (χ1n) is 8.14. The molecule has 0 spiro atoms. The van der Waals surface area contributed by atoms with Gasteiger partial charge < -0.3 is 10.1 Å². The van der Waals surface area contributed by atoms with Crippen LogP contribution in [-0.2, 0) is 4.79 Å². The van der Waals surface area contributed by atoms with E-state index < -0.39 is 0 Å². The van der Waals surface area contributed by atoms with Crippen molar-refractivity contribution in [2.75, 3.05) is 5.32 Å². The molecule has 0 atom stereocenters. The fourth-order valence-electron chi connectivity index (χ4n) is 2.20. The first-order chi connectivity index (χ1) is 12.2. The maximum atomic E-state index is 11.7. The summed E-state index contributed by atoms with van der Waals surface area (Å²) in [6, 6.07) is 10.7. The molecule has 0 bridgehead atoms. The number of carbonyl (C=O) groups is 1. The van der Waals surface area contributed by atoms with Crippen LogP contribution in [0.5, 0.6) is 11.6 Å². The number of aromatic nitrogens is 4. The van der Waals surface area contributed by atoms with Crippen molar-refractivity contribution in [2.24, 2.45) is 0 Å². The minimum Gasteiger partial charge on any atom is -0.439 e. The molecular formula is C18H19N5O2. The summed E-state index contributed by atoms with van der Waals surface area (Å²) in [5, 5.41) is 6.99. The molecule has 2 aromatic heterocycles. The van der Waals surface area contributed by atoms with Gasteiger partial charge >= 0.3 is 0 Å². The Morgan fingerprint density at radius 2 is 2.08 bits per heavy atom. The Morgan fingerprint density at radius 3 is 2.80 bits per heavy atom. The highest BCUT2D eigenvalue weighted by Crippen LogP contribution is 2.22. The molecule has 0 saturated carbocycles. The molecule has 7 nitrogen and oxygen atoms in total. The molecule has 3 rings (SSSR count). The van der Waals surface area contributed by atoms with Crippen molar-refractivity contribution in [2.45, 2.75) is 26.2 Å². The molecule has 1 amide bonds. The van der Waals surface area contributed by atoms with Gasteiger partial charge in [0.15, 0.2) is 5.82 Å². The van der Waals surface area contributed by atoms with E-state index in [0.29, 0.717) is 23.9 Å². The smallest absolute Gasteiger partial charge is 0.224 e. The average molecular weight is 337 g/mol. The minimum atomic E-state index is 0.0233. The molecule has 0 saturated heterocycles. The second kappa shape index (κ2) is 8.05. The van der Waals surface area contributed by atoms with Crippen LogP contribution in [0.25, 0.3) is 5.82 Å². The summed E-state index contributed by atoms with van der Waals surface area (Å²) < 4.78 is 7.37. The van der Waals surface area contributed by atoms with E-state index in [4.69, 9.17) is 4.74 Å². The SMILES string of the molecule is CCCCC(=O)Nc1ccc(Oc2cc(-n3cccn3)ncn2)cc1. The number of anilines is 1. The molecule has 0 fully saturated rings. The largest absolute Gasteiger partial charge is 0.439 e. The van der Waals surface area contributed by atoms with Crippen molar-refractivity contribution < 1.29 is 9.53 Å². The number of hydrogen-bond donors (Lipinski definition) is 1. The Kier molecular flexibility index (Phi) is 5.36. The van der Waals surface area contributed by atoms with Crippen LogP contribution in [-0.4, -0.2) is 25.7 Å². The van der Waals surface area contributed by atoms with Crippen molar-refractivity contribution >= 4 is 11.6 Å². The van der Waals surface area contributed by atoms with Gasteiger partial charge in [-0.1, -0.05) is 13.3 Å². The average Bonchev–Trinajstić information content (AvgIpc) is 3.17. The Morgan fingerprint density at radius 1 is 1.24 bits per heavy atom. The standard InChI is InChI=1S/C18H19N5O2/c1-2-3-5-17(24)22-14-6-8-15(9-7-14)25-18-12-16(19-13-20-18)23-11-4-10-21-23/h4,6-13H,2-3,5H2,1H3,(H,22,24). The van der Waals surface area contributed by atoms with E-state index in [9.17, 15) is 4.79 Å². The predicted molar refractivity (Wildman–Crippen MR) is 93.8 cm³/mol. The van der Waals surface area contributed by atoms with Gasteiger partial charge in [0.05, 0.1) is 0 Å². The zero-order valence-corrected chi connectivity index (χ0v) is 13.9. The van der Waals surface area contributed by atoms with E-state index in [1.54, 1.807) is 47.4 Å². The number of nitrogens with zero attached hydrogens (tertiary/aromatic N) is 4. The van der Waals surface area contributed by atoms with E-state index in [1.165, 1.54) is 6.33 Å². The van der Waals surface area contributed by atoms with Crippen LogP contribution in [0.4, 0.5) is 5.69 Å². The molecule has 25 heavy (non-hydrogen) atoms. The predicted octanol–water partition coefficient (Wildman–Crippen LogP) is 3.58. The van der Waals surface area contributed by atoms with Crippen molar-refractivity contribution in [3.05, 3.63) is 55.1 Å². The number of hydrogen-bond acceptors (Lipinski definition) is 5. The van der Waals surface area contributed by atoms with Gasteiger partial charge in [0.1, 0.15) is 12.1 Å². The normalized spacial score (nSPS) is 10.4. The van der Waals surface area contributed by atoms with E-state index in [1.807, 2.05) is 6.07 Å². The van der Waals surface area contributed by atoms with E-state index >= 15 is 0 Å². The Hall–Kier alpha value is -3.22. The van der Waals surface area contributed by atoms with Crippen LogP contribution in [0.1, 0.15) is 26.2 Å². The lowest BCUT2D eigenvalue weighted by Gasteiger charge is -2.08. The van der Waals surface area contributed by atoms with Gasteiger partial charge in [0.2, 0.25) is 11.8 Å². The first kappa shape index (κ1) is 16.6. The van der Waals surface area contributed by atoms with Gasteiger partial charge in [-0.15, -0.1) is 0 Å². The number of ether oxygens (including phenoxy) is 1. The quantitative estimate of drug-likeness (QED) is 0.712. The highest BCUT2D eigenvalue weighted by molar-refractivity contribution is 5.90. The molecule has 0 aliphatic rings. The lowest BCUT2D eigenvalue weighted by Crippen LogP contribution is -2.10. The molecule has 3 aromatic rings. The van der Waals surface area contributed by atoms with Gasteiger partial charge in [0, 0.05) is 30.6 Å². The van der Waals surface area contributed by atoms with E-state index in [0.717, 1.165) is 18.5 Å². The molecule has 1 N–H and O–H groups in total. The number of nitrogens with one attached hydrogen (secondary N) is 1. The number of unbranched alkanes of at least 4 members (excludes halogenated alkanes) is 1. The topological polar surface area (TPSA) is 81.9 Å². The van der Waals surface area contributed by atoms with Crippen LogP contribution in [0.15, 0.2) is 55.1 Å². The lowest BCUT2D eigenvalue weighted by atomic mass is 10.2. The Balaban J connectivity index is 1.64. The summed E-state index contributed by atoms with van der Waals surface area (Å²) >= 11 is 0. The molecule has 0 unspecified atom stereocenters. The molecule has 128 valence electrons. The molecule has 2 heterocycles. The zero-order chi connectivity index (χ0) is 17.5. The fourth-order valence-corrected chi connectivity index (χ4v) is 2.20. The summed E-state index contributed by atoms with van der Waals surface area (Å²) in [6.45, 7) is 2.06. The van der Waals surface area contributed by atoms with E-state index in [-0.39, 0.29) is 5.91 Å². The van der Waals surface area contributed by atoms with Crippen LogP contribution in [0.3, 0.4) is 0 Å². The second-order valence-corrected chi connectivity index (χ2v) is 5.44. The summed E-state index contributed by atoms with van der Waals surface area (Å²) in [4.78, 5) is 20.0. The van der Waals surface area contributed by atoms with Crippen LogP contribution >= 0.6 is 0 Å². The van der Waals surface area contributed by atoms with Crippen molar-refractivity contribution in [1.82, 2.24) is 19.7 Å². The monoisotopic (exact) mass is 337 g/mol. The Bertz CT molecular complexity index is 816. The van der Waals surface area contributed by atoms with Crippen LogP contribution in [0, 0.1) is 0 Å². The first-order valence-corrected chi connectivity index (χ1v) is 8.14. The number of benzene rings is 1. The van der Waals surface area contributed by atoms with Crippen LogP contribution in [0.2, 0.25) is 0 Å². The molecule has 0 radical (unpaired) electrons. The summed E-state index contributed by atoms with van der Waals surface area (Å²) in [5.41, 5.74) is 0.744. The Labute approximate surface area is 145 Å². The molecule has 7 heteroatoms. The summed E-state index contributed by atoms with van der Waals surface area (Å²) in [6.07, 6.45) is 7.32. The molecule has 0 aliphatic carbocycles. The van der Waals surface area contributed by atoms with Gasteiger partial charge in [-0.25, -0.2) is 14.6 Å². The van der Waals surface area contributed by atoms with Crippen molar-refractivity contribution in [3.8, 4) is 17.4 Å². The van der Waals surface area contributed by atoms with Crippen LogP contribution < -0.4 is 10.1 Å². The highest BCUT2D eigenvalue weighted by Gasteiger charge is 2.05. The minimum absolute atomic E-state index is 0.0233. The molecular weight excluding hydrogens is 318 g/mol. The number of rotatable bonds is 7. The van der Waals surface area contributed by atoms with Crippen molar-refractivity contribution in [3.63, 3.8) is 0 Å². The third-order valence-corrected chi connectivity index (χ3v) is 3.48. The van der Waals surface area contributed by atoms with E-state index in [2.05, 4.69) is 27.3 Å². The summed E-state index contributed by atoms with van der Waals surface area (Å²) in [7, 11) is 0. The zero-order valence-electron chi connectivity index (χ0n) is 13.9. The number of amides is 1. The van der Waals surface area contributed by atoms with Gasteiger partial charge in [-0.3, -0.25) is 4.79 Å². The lowest BCUT2D eigenvalue weighted by molar-refractivity contribution is -0.116. The van der Waals surface area contributed by atoms with Gasteiger partial charge in [0.25, 0.3) is 0 Å². The van der Waals surface area contributed by atoms with Gasteiger partial charge in [-0.2, -0.15) is 5.10 Å². The molecule has 1 aromatic carbocycles. The maximum absolute atomic E-state index is 11.7. The summed E-state index contributed by atoms with van der Waals surface area (Å²) in [5.74, 6) is 1.68. The van der Waals surface area contributed by atoms with Crippen molar-refractivity contribution in [1.29, 1.82) is 0 Å². The molecule has 0 aliphatic heterocycles. The second-order valence-electron chi connectivity index (χ2n) is 5.44. The third kappa shape index (κ3) is 4.63. The maximum Gasteiger partial charge on any atom is 0.224 e. The highest BCUT2D eigenvalue weighted by atomic mass is 16.5. The van der Waals surface area contributed by atoms with Gasteiger partial charge in [-0.05, 0) is 36.8 Å². The third-order valence-electron chi connectivity index (χ3n) is 3.48.